The zero-order chi connectivity index (χ0) is 23.6. The second-order valence-electron chi connectivity index (χ2n) is 8.36. The zero-order valence-electron chi connectivity index (χ0n) is 18.9. The van der Waals surface area contributed by atoms with Gasteiger partial charge in [-0.25, -0.2) is 9.59 Å². The molecule has 0 aliphatic heterocycles. The minimum absolute atomic E-state index is 0.0648. The first kappa shape index (κ1) is 25.9. The molecule has 0 saturated carbocycles. The summed E-state index contributed by atoms with van der Waals surface area (Å²) in [5.41, 5.74) is 0.876. The summed E-state index contributed by atoms with van der Waals surface area (Å²) in [6, 6.07) is 6.61. The van der Waals surface area contributed by atoms with Crippen LogP contribution in [0.4, 0.5) is 15.3 Å². The highest BCUT2D eigenvalue weighted by Crippen LogP contribution is 2.19. The third-order valence-electron chi connectivity index (χ3n) is 4.55. The molecule has 172 valence electrons. The number of urea groups is 1. The number of aliphatic carboxylic acids is 1. The van der Waals surface area contributed by atoms with Crippen molar-refractivity contribution < 1.29 is 29.0 Å². The quantitative estimate of drug-likeness (QED) is 0.546. The molecule has 0 saturated heterocycles. The molecule has 1 aromatic carbocycles. The SMILES string of the molecule is CN(CCCC(Cc1ccc(N(C)C(=O)NCC=O)cc1)C(=O)O)C(=O)OC(C)(C)C. The van der Waals surface area contributed by atoms with E-state index in [9.17, 15) is 24.3 Å². The predicted octanol–water partition coefficient (Wildman–Crippen LogP) is 2.92. The molecule has 1 rings (SSSR count). The van der Waals surface area contributed by atoms with Gasteiger partial charge in [-0.3, -0.25) is 9.69 Å². The van der Waals surface area contributed by atoms with Crippen LogP contribution in [0.5, 0.6) is 0 Å². The van der Waals surface area contributed by atoms with Crippen LogP contribution in [0.15, 0.2) is 24.3 Å². The smallest absolute Gasteiger partial charge is 0.410 e. The van der Waals surface area contributed by atoms with Gasteiger partial charge in [-0.05, 0) is 57.7 Å². The monoisotopic (exact) mass is 435 g/mol. The Kier molecular flexibility index (Phi) is 9.98. The Morgan fingerprint density at radius 3 is 2.29 bits per heavy atom. The highest BCUT2D eigenvalue weighted by atomic mass is 16.6. The summed E-state index contributed by atoms with van der Waals surface area (Å²) in [6.07, 6.45) is 1.46. The lowest BCUT2D eigenvalue weighted by molar-refractivity contribution is -0.142. The molecule has 0 radical (unpaired) electrons. The number of nitrogens with one attached hydrogen (secondary N) is 1. The highest BCUT2D eigenvalue weighted by molar-refractivity contribution is 5.92. The number of anilines is 1. The average molecular weight is 436 g/mol. The lowest BCUT2D eigenvalue weighted by Gasteiger charge is -2.25. The van der Waals surface area contributed by atoms with Gasteiger partial charge in [0, 0.05) is 26.3 Å². The van der Waals surface area contributed by atoms with Gasteiger partial charge in [0.15, 0.2) is 0 Å². The molecule has 0 fully saturated rings. The molecule has 0 aliphatic carbocycles. The number of benzene rings is 1. The van der Waals surface area contributed by atoms with Gasteiger partial charge in [0.2, 0.25) is 0 Å². The summed E-state index contributed by atoms with van der Waals surface area (Å²) >= 11 is 0. The summed E-state index contributed by atoms with van der Waals surface area (Å²) in [6.45, 7) is 5.71. The fraction of sp³-hybridized carbons (Fsp3) is 0.545. The van der Waals surface area contributed by atoms with Crippen LogP contribution in [0.3, 0.4) is 0 Å². The molecule has 9 heteroatoms. The number of carboxylic acids is 1. The summed E-state index contributed by atoms with van der Waals surface area (Å²) < 4.78 is 5.29. The van der Waals surface area contributed by atoms with E-state index in [1.165, 1.54) is 9.80 Å². The molecule has 3 amide bonds. The number of aldehydes is 1. The number of hydrogen-bond donors (Lipinski definition) is 2. The zero-order valence-corrected chi connectivity index (χ0v) is 18.9. The third kappa shape index (κ3) is 9.50. The van der Waals surface area contributed by atoms with E-state index in [0.717, 1.165) is 5.56 Å². The Morgan fingerprint density at radius 2 is 1.77 bits per heavy atom. The van der Waals surface area contributed by atoms with Gasteiger partial charge in [-0.1, -0.05) is 12.1 Å². The van der Waals surface area contributed by atoms with E-state index in [1.54, 1.807) is 59.1 Å². The molecule has 0 aliphatic rings. The molecule has 0 spiro atoms. The van der Waals surface area contributed by atoms with Gasteiger partial charge in [-0.2, -0.15) is 0 Å². The van der Waals surface area contributed by atoms with Gasteiger partial charge >= 0.3 is 18.1 Å². The molecular formula is C22H33N3O6. The van der Waals surface area contributed by atoms with Crippen molar-refractivity contribution in [2.24, 2.45) is 5.92 Å². The van der Waals surface area contributed by atoms with E-state index in [2.05, 4.69) is 5.32 Å². The van der Waals surface area contributed by atoms with E-state index < -0.39 is 29.6 Å². The molecular weight excluding hydrogens is 402 g/mol. The van der Waals surface area contributed by atoms with Crippen LogP contribution < -0.4 is 10.2 Å². The number of carboxylic acid groups (broad SMARTS) is 1. The maximum atomic E-state index is 12.0. The third-order valence-corrected chi connectivity index (χ3v) is 4.55. The molecule has 0 heterocycles. The number of hydrogen-bond acceptors (Lipinski definition) is 5. The van der Waals surface area contributed by atoms with Crippen molar-refractivity contribution in [3.63, 3.8) is 0 Å². The maximum absolute atomic E-state index is 12.0. The first-order valence-corrected chi connectivity index (χ1v) is 10.2. The van der Waals surface area contributed by atoms with E-state index in [1.807, 2.05) is 0 Å². The average Bonchev–Trinajstić information content (AvgIpc) is 2.69. The Morgan fingerprint density at radius 1 is 1.16 bits per heavy atom. The van der Waals surface area contributed by atoms with Gasteiger partial charge in [0.25, 0.3) is 0 Å². The van der Waals surface area contributed by atoms with Crippen LogP contribution in [-0.2, 0) is 20.7 Å². The minimum Gasteiger partial charge on any atom is -0.481 e. The van der Waals surface area contributed by atoms with E-state index in [0.29, 0.717) is 37.8 Å². The Hall–Kier alpha value is -3.10. The van der Waals surface area contributed by atoms with Crippen LogP contribution in [-0.4, -0.2) is 67.2 Å². The van der Waals surface area contributed by atoms with Crippen molar-refractivity contribution in [3.05, 3.63) is 29.8 Å². The van der Waals surface area contributed by atoms with Crippen LogP contribution in [0.1, 0.15) is 39.2 Å². The summed E-state index contributed by atoms with van der Waals surface area (Å²) in [4.78, 5) is 48.7. The van der Waals surface area contributed by atoms with Gasteiger partial charge in [0.1, 0.15) is 11.9 Å². The Balaban J connectivity index is 2.61. The second-order valence-corrected chi connectivity index (χ2v) is 8.36. The predicted molar refractivity (Wildman–Crippen MR) is 117 cm³/mol. The number of ether oxygens (including phenoxy) is 1. The second kappa shape index (κ2) is 11.9. The first-order valence-electron chi connectivity index (χ1n) is 10.2. The molecule has 1 unspecified atom stereocenters. The van der Waals surface area contributed by atoms with Crippen molar-refractivity contribution in [2.75, 3.05) is 32.1 Å². The standard InChI is InChI=1S/C22H33N3O6/c1-22(2,3)31-21(30)24(4)13-6-7-17(19(27)28)15-16-8-10-18(11-9-16)25(5)20(29)23-12-14-26/h8-11,14,17H,6-7,12-13,15H2,1-5H3,(H,23,29)(H,27,28). The van der Waals surface area contributed by atoms with Crippen LogP contribution >= 0.6 is 0 Å². The van der Waals surface area contributed by atoms with Crippen molar-refractivity contribution in [3.8, 4) is 0 Å². The molecule has 0 aromatic heterocycles. The van der Waals surface area contributed by atoms with Crippen LogP contribution in [0.2, 0.25) is 0 Å². The maximum Gasteiger partial charge on any atom is 0.410 e. The number of rotatable bonds is 10. The number of amides is 3. The fourth-order valence-corrected chi connectivity index (χ4v) is 2.82. The van der Waals surface area contributed by atoms with Gasteiger partial charge in [-0.15, -0.1) is 0 Å². The number of carbonyl (C=O) groups excluding carboxylic acids is 3. The van der Waals surface area contributed by atoms with Crippen molar-refractivity contribution in [1.29, 1.82) is 0 Å². The molecule has 9 nitrogen and oxygen atoms in total. The van der Waals surface area contributed by atoms with Gasteiger partial charge in [0.05, 0.1) is 12.5 Å². The lowest BCUT2D eigenvalue weighted by Crippen LogP contribution is -2.38. The Labute approximate surface area is 183 Å². The largest absolute Gasteiger partial charge is 0.481 e. The first-order chi connectivity index (χ1) is 14.4. The molecule has 31 heavy (non-hydrogen) atoms. The van der Waals surface area contributed by atoms with Crippen LogP contribution in [0, 0.1) is 5.92 Å². The molecule has 1 atom stereocenters. The van der Waals surface area contributed by atoms with E-state index in [4.69, 9.17) is 4.74 Å². The Bertz CT molecular complexity index is 758. The van der Waals surface area contributed by atoms with Crippen LogP contribution in [0.25, 0.3) is 0 Å². The highest BCUT2D eigenvalue weighted by Gasteiger charge is 2.21. The van der Waals surface area contributed by atoms with Crippen molar-refractivity contribution >= 4 is 30.1 Å². The minimum atomic E-state index is -0.894. The summed E-state index contributed by atoms with van der Waals surface area (Å²) in [7, 11) is 3.21. The lowest BCUT2D eigenvalue weighted by atomic mass is 9.94. The molecule has 0 bridgehead atoms. The topological polar surface area (TPSA) is 116 Å². The van der Waals surface area contributed by atoms with Gasteiger partial charge < -0.3 is 24.9 Å². The summed E-state index contributed by atoms with van der Waals surface area (Å²) in [5, 5.41) is 12.0. The van der Waals surface area contributed by atoms with E-state index >= 15 is 0 Å². The number of nitrogens with zero attached hydrogens (tertiary/aromatic N) is 2. The fourth-order valence-electron chi connectivity index (χ4n) is 2.82. The molecule has 2 N–H and O–H groups in total. The van der Waals surface area contributed by atoms with E-state index in [-0.39, 0.29) is 6.54 Å². The summed E-state index contributed by atoms with van der Waals surface area (Å²) in [5.74, 6) is -1.49. The normalized spacial score (nSPS) is 11.9. The molecule has 1 aromatic rings. The van der Waals surface area contributed by atoms with Crippen molar-refractivity contribution in [1.82, 2.24) is 10.2 Å². The number of carbonyl (C=O) groups is 4. The van der Waals surface area contributed by atoms with Crippen molar-refractivity contribution in [2.45, 2.75) is 45.6 Å².